The van der Waals surface area contributed by atoms with Gasteiger partial charge in [0.1, 0.15) is 0 Å². The van der Waals surface area contributed by atoms with E-state index >= 15 is 0 Å². The van der Waals surface area contributed by atoms with Crippen molar-refractivity contribution in [3.63, 3.8) is 0 Å². The Bertz CT molecular complexity index is 977. The van der Waals surface area contributed by atoms with Crippen LogP contribution in [0.3, 0.4) is 0 Å². The Morgan fingerprint density at radius 2 is 2.05 bits per heavy atom. The lowest BCUT2D eigenvalue weighted by Gasteiger charge is -2.03. The second-order valence-corrected chi connectivity index (χ2v) is 5.33. The van der Waals surface area contributed by atoms with E-state index in [-0.39, 0.29) is 5.78 Å². The number of fused-ring (bicyclic) bond motifs is 3. The van der Waals surface area contributed by atoms with Gasteiger partial charge in [-0.2, -0.15) is 0 Å². The average Bonchev–Trinajstić information content (AvgIpc) is 3.20. The van der Waals surface area contributed by atoms with Gasteiger partial charge in [-0.3, -0.25) is 4.79 Å². The van der Waals surface area contributed by atoms with Crippen molar-refractivity contribution in [2.75, 3.05) is 0 Å². The molecule has 2 heterocycles. The van der Waals surface area contributed by atoms with Gasteiger partial charge in [0, 0.05) is 40.1 Å². The lowest BCUT2D eigenvalue weighted by atomic mass is 10.0. The summed E-state index contributed by atoms with van der Waals surface area (Å²) in [6, 6.07) is 18.7. The van der Waals surface area contributed by atoms with Crippen LogP contribution in [0.25, 0.3) is 21.8 Å². The largest absolute Gasteiger partial charge is 0.359 e. The predicted octanol–water partition coefficient (Wildman–Crippen LogP) is 4.17. The molecular formula is C19H15N2O. The zero-order chi connectivity index (χ0) is 15.1. The lowest BCUT2D eigenvalue weighted by Crippen LogP contribution is -2.01. The molecule has 0 aliphatic heterocycles. The zero-order valence-corrected chi connectivity index (χ0v) is 12.3. The van der Waals surface area contributed by atoms with Gasteiger partial charge in [-0.25, -0.2) is 0 Å². The highest BCUT2D eigenvalue weighted by molar-refractivity contribution is 6.14. The molecule has 0 bridgehead atoms. The number of ketones is 1. The Labute approximate surface area is 128 Å². The smallest absolute Gasteiger partial charge is 0.209 e. The van der Waals surface area contributed by atoms with Crippen LogP contribution in [0, 0.1) is 6.07 Å². The van der Waals surface area contributed by atoms with E-state index in [1.807, 2.05) is 36.4 Å². The van der Waals surface area contributed by atoms with Crippen LogP contribution in [0.2, 0.25) is 0 Å². The molecule has 0 unspecified atom stereocenters. The van der Waals surface area contributed by atoms with Crippen molar-refractivity contribution in [1.29, 1.82) is 0 Å². The maximum absolute atomic E-state index is 12.5. The first-order chi connectivity index (χ1) is 10.8. The van der Waals surface area contributed by atoms with Crippen LogP contribution >= 0.6 is 0 Å². The maximum atomic E-state index is 12.5. The summed E-state index contributed by atoms with van der Waals surface area (Å²) in [5, 5.41) is 2.24. The summed E-state index contributed by atoms with van der Waals surface area (Å²) in [5.41, 5.74) is 3.65. The third kappa shape index (κ3) is 1.79. The Kier molecular flexibility index (Phi) is 2.86. The second-order valence-electron chi connectivity index (χ2n) is 5.33. The molecule has 22 heavy (non-hydrogen) atoms. The van der Waals surface area contributed by atoms with Crippen molar-refractivity contribution in [1.82, 2.24) is 9.55 Å². The van der Waals surface area contributed by atoms with Crippen molar-refractivity contribution >= 4 is 27.6 Å². The second kappa shape index (κ2) is 4.88. The van der Waals surface area contributed by atoms with E-state index in [1.165, 1.54) is 5.52 Å². The van der Waals surface area contributed by atoms with E-state index in [0.717, 1.165) is 22.8 Å². The van der Waals surface area contributed by atoms with E-state index in [2.05, 4.69) is 28.6 Å². The minimum Gasteiger partial charge on any atom is -0.359 e. The van der Waals surface area contributed by atoms with E-state index in [9.17, 15) is 4.79 Å². The molecule has 0 saturated heterocycles. The topological polar surface area (TPSA) is 37.8 Å². The maximum Gasteiger partial charge on any atom is 0.209 e. The van der Waals surface area contributed by atoms with Crippen molar-refractivity contribution in [3.05, 3.63) is 72.1 Å². The van der Waals surface area contributed by atoms with Crippen molar-refractivity contribution in [3.8, 4) is 0 Å². The number of aryl methyl sites for hydroxylation is 1. The number of carbonyl (C=O) groups excluding carboxylic acids is 1. The van der Waals surface area contributed by atoms with E-state index in [0.29, 0.717) is 11.3 Å². The summed E-state index contributed by atoms with van der Waals surface area (Å²) in [5.74, 6) is 0.0178. The Hall–Kier alpha value is -2.81. The number of nitrogens with zero attached hydrogens (tertiary/aromatic N) is 1. The number of hydrogen-bond donors (Lipinski definition) is 1. The third-order valence-electron chi connectivity index (χ3n) is 4.13. The summed E-state index contributed by atoms with van der Waals surface area (Å²) in [7, 11) is 0. The Morgan fingerprint density at radius 3 is 2.82 bits per heavy atom. The predicted molar refractivity (Wildman–Crippen MR) is 88.2 cm³/mol. The van der Waals surface area contributed by atoms with Crippen LogP contribution in [0.15, 0.2) is 54.7 Å². The number of hydrogen-bond acceptors (Lipinski definition) is 1. The standard InChI is InChI=1S/C19H15N2O/c1-2-21-17-8-4-3-6-14(17)15-12-13(9-10-18(15)21)19(22)16-7-5-11-20-16/h4-12,20H,2H2,1H3. The molecule has 1 radical (unpaired) electrons. The number of benzene rings is 2. The zero-order valence-electron chi connectivity index (χ0n) is 12.3. The van der Waals surface area contributed by atoms with Crippen molar-refractivity contribution < 1.29 is 4.79 Å². The Balaban J connectivity index is 1.98. The summed E-state index contributed by atoms with van der Waals surface area (Å²) < 4.78 is 2.27. The third-order valence-corrected chi connectivity index (χ3v) is 4.13. The first-order valence-electron chi connectivity index (χ1n) is 7.39. The Morgan fingerprint density at radius 1 is 1.18 bits per heavy atom. The van der Waals surface area contributed by atoms with Crippen molar-refractivity contribution in [2.45, 2.75) is 13.5 Å². The number of aromatic nitrogens is 2. The molecule has 4 rings (SSSR count). The molecule has 3 heteroatoms. The molecule has 0 aliphatic rings. The highest BCUT2D eigenvalue weighted by Crippen LogP contribution is 2.30. The first kappa shape index (κ1) is 12.9. The molecule has 3 nitrogen and oxygen atoms in total. The van der Waals surface area contributed by atoms with Crippen LogP contribution in [-0.2, 0) is 6.54 Å². The fraction of sp³-hybridized carbons (Fsp3) is 0.105. The lowest BCUT2D eigenvalue weighted by molar-refractivity contribution is 0.103. The fourth-order valence-electron chi connectivity index (χ4n) is 3.10. The van der Waals surface area contributed by atoms with E-state index < -0.39 is 0 Å². The molecule has 2 aromatic heterocycles. The van der Waals surface area contributed by atoms with Crippen LogP contribution in [0.4, 0.5) is 0 Å². The monoisotopic (exact) mass is 287 g/mol. The molecule has 107 valence electrons. The number of rotatable bonds is 3. The average molecular weight is 287 g/mol. The molecule has 0 atom stereocenters. The SMILES string of the molecule is CCn1c2cc[c]cc2c2cc(C(=O)c3ccc[nH]3)ccc21. The van der Waals surface area contributed by atoms with Gasteiger partial charge in [-0.05, 0) is 55.5 Å². The quantitative estimate of drug-likeness (QED) is 0.564. The number of aromatic amines is 1. The van der Waals surface area contributed by atoms with Gasteiger partial charge >= 0.3 is 0 Å². The molecule has 0 spiro atoms. The van der Waals surface area contributed by atoms with Gasteiger partial charge in [0.2, 0.25) is 5.78 Å². The van der Waals surface area contributed by atoms with Crippen LogP contribution in [0.5, 0.6) is 0 Å². The highest BCUT2D eigenvalue weighted by atomic mass is 16.1. The number of H-pyrrole nitrogens is 1. The van der Waals surface area contributed by atoms with Gasteiger partial charge in [0.25, 0.3) is 0 Å². The van der Waals surface area contributed by atoms with E-state index in [4.69, 9.17) is 0 Å². The molecule has 0 amide bonds. The minimum atomic E-state index is 0.0178. The summed E-state index contributed by atoms with van der Waals surface area (Å²) in [6.45, 7) is 3.03. The summed E-state index contributed by atoms with van der Waals surface area (Å²) in [6.07, 6.45) is 1.77. The molecule has 4 aromatic rings. The van der Waals surface area contributed by atoms with Gasteiger partial charge in [-0.15, -0.1) is 0 Å². The van der Waals surface area contributed by atoms with Gasteiger partial charge in [-0.1, -0.05) is 6.07 Å². The molecule has 0 saturated carbocycles. The van der Waals surface area contributed by atoms with Crippen molar-refractivity contribution in [2.24, 2.45) is 0 Å². The van der Waals surface area contributed by atoms with E-state index in [1.54, 1.807) is 12.3 Å². The summed E-state index contributed by atoms with van der Waals surface area (Å²) >= 11 is 0. The number of carbonyl (C=O) groups is 1. The molecule has 2 aromatic carbocycles. The summed E-state index contributed by atoms with van der Waals surface area (Å²) in [4.78, 5) is 15.5. The van der Waals surface area contributed by atoms with Gasteiger partial charge < -0.3 is 9.55 Å². The highest BCUT2D eigenvalue weighted by Gasteiger charge is 2.14. The van der Waals surface area contributed by atoms with Crippen LogP contribution in [0.1, 0.15) is 23.0 Å². The van der Waals surface area contributed by atoms with Crippen LogP contribution in [-0.4, -0.2) is 15.3 Å². The fourth-order valence-corrected chi connectivity index (χ4v) is 3.10. The minimum absolute atomic E-state index is 0.0178. The number of nitrogens with one attached hydrogen (secondary N) is 1. The first-order valence-corrected chi connectivity index (χ1v) is 7.39. The van der Waals surface area contributed by atoms with Gasteiger partial charge in [0.15, 0.2) is 0 Å². The van der Waals surface area contributed by atoms with Crippen LogP contribution < -0.4 is 0 Å². The molecule has 1 N–H and O–H groups in total. The normalized spacial score (nSPS) is 11.3. The molecular weight excluding hydrogens is 272 g/mol. The molecule has 0 fully saturated rings. The molecule has 0 aliphatic carbocycles. The van der Waals surface area contributed by atoms with Gasteiger partial charge in [0.05, 0.1) is 5.69 Å².